The second kappa shape index (κ2) is 3.75. The van der Waals surface area contributed by atoms with E-state index in [1.807, 2.05) is 12.1 Å². The molecule has 0 amide bonds. The van der Waals surface area contributed by atoms with Gasteiger partial charge in [-0.05, 0) is 18.2 Å². The molecule has 17 heavy (non-hydrogen) atoms. The van der Waals surface area contributed by atoms with Crippen molar-refractivity contribution < 1.29 is 0 Å². The number of hydrogen-bond acceptors (Lipinski definition) is 3. The summed E-state index contributed by atoms with van der Waals surface area (Å²) in [6.45, 7) is 0. The fraction of sp³-hybridized carbons (Fsp3) is 0. The van der Waals surface area contributed by atoms with E-state index in [4.69, 9.17) is 0 Å². The molecule has 2 aromatic heterocycles. The number of aliphatic imine (C=N–C) groups is 2. The minimum Gasteiger partial charge on any atom is -0.362 e. The highest BCUT2D eigenvalue weighted by molar-refractivity contribution is 6.20. The fourth-order valence-electron chi connectivity index (χ4n) is 1.64. The van der Waals surface area contributed by atoms with Gasteiger partial charge >= 0.3 is 0 Å². The summed E-state index contributed by atoms with van der Waals surface area (Å²) in [6.07, 6.45) is 6.71. The molecule has 3 rings (SSSR count). The van der Waals surface area contributed by atoms with Gasteiger partial charge in [0.15, 0.2) is 5.82 Å². The molecular formula is C11H9N5O. The topological polar surface area (TPSA) is 89.2 Å². The summed E-state index contributed by atoms with van der Waals surface area (Å²) in [6, 6.07) is 3.74. The third-order valence-electron chi connectivity index (χ3n) is 2.42. The smallest absolute Gasteiger partial charge is 0.272 e. The maximum absolute atomic E-state index is 11.7. The first-order chi connectivity index (χ1) is 8.34. The molecule has 1 aliphatic rings. The van der Waals surface area contributed by atoms with E-state index in [0.717, 1.165) is 5.69 Å². The Labute approximate surface area is 95.1 Å². The second-order valence-corrected chi connectivity index (χ2v) is 3.52. The molecule has 0 spiro atoms. The van der Waals surface area contributed by atoms with Crippen molar-refractivity contribution in [2.45, 2.75) is 0 Å². The molecular weight excluding hydrogens is 218 g/mol. The Bertz CT molecular complexity index is 744. The molecule has 0 fully saturated rings. The zero-order valence-corrected chi connectivity index (χ0v) is 8.77. The van der Waals surface area contributed by atoms with E-state index in [1.54, 1.807) is 24.7 Å². The molecule has 0 aliphatic carbocycles. The minimum atomic E-state index is -0.195. The molecule has 0 aromatic carbocycles. The van der Waals surface area contributed by atoms with Gasteiger partial charge in [0.1, 0.15) is 5.35 Å². The number of aromatic amines is 3. The largest absolute Gasteiger partial charge is 0.362 e. The first kappa shape index (κ1) is 9.59. The highest BCUT2D eigenvalue weighted by atomic mass is 16.1. The standard InChI is InChI=1S/C11H9N5O/c17-11-8(6-7-2-1-3-12-7)9(15-16-11)10-13-4-5-14-10/h1-6,12,15H,(H,16,17). The van der Waals surface area contributed by atoms with Crippen LogP contribution in [-0.2, 0) is 0 Å². The van der Waals surface area contributed by atoms with Gasteiger partial charge in [0.25, 0.3) is 5.56 Å². The van der Waals surface area contributed by atoms with Crippen molar-refractivity contribution in [2.75, 3.05) is 0 Å². The lowest BCUT2D eigenvalue weighted by atomic mass is 10.3. The van der Waals surface area contributed by atoms with E-state index < -0.39 is 0 Å². The molecule has 1 aliphatic heterocycles. The van der Waals surface area contributed by atoms with Crippen molar-refractivity contribution in [3.05, 3.63) is 44.9 Å². The van der Waals surface area contributed by atoms with Gasteiger partial charge in [-0.25, -0.2) is 9.98 Å². The molecule has 6 heteroatoms. The van der Waals surface area contributed by atoms with Crippen LogP contribution in [-0.4, -0.2) is 27.6 Å². The summed E-state index contributed by atoms with van der Waals surface area (Å²) in [5.41, 5.74) is 0.655. The molecule has 6 nitrogen and oxygen atoms in total. The van der Waals surface area contributed by atoms with Crippen LogP contribution in [0.4, 0.5) is 0 Å². The van der Waals surface area contributed by atoms with Gasteiger partial charge in [-0.2, -0.15) is 0 Å². The van der Waals surface area contributed by atoms with Gasteiger partial charge in [0, 0.05) is 24.3 Å². The Morgan fingerprint density at radius 1 is 1.18 bits per heavy atom. The zero-order valence-electron chi connectivity index (χ0n) is 8.77. The molecule has 84 valence electrons. The van der Waals surface area contributed by atoms with Crippen molar-refractivity contribution in [3.8, 4) is 0 Å². The number of hydrogen-bond donors (Lipinski definition) is 3. The van der Waals surface area contributed by atoms with Crippen LogP contribution in [0.2, 0.25) is 0 Å². The van der Waals surface area contributed by atoms with E-state index >= 15 is 0 Å². The molecule has 0 unspecified atom stereocenters. The highest BCUT2D eigenvalue weighted by Gasteiger charge is 2.03. The molecule has 0 radical (unpaired) electrons. The van der Waals surface area contributed by atoms with E-state index in [2.05, 4.69) is 25.2 Å². The Morgan fingerprint density at radius 2 is 2.00 bits per heavy atom. The number of nitrogens with zero attached hydrogens (tertiary/aromatic N) is 2. The number of aromatic nitrogens is 3. The summed E-state index contributed by atoms with van der Waals surface area (Å²) in [5.74, 6) is 0.501. The first-order valence-electron chi connectivity index (χ1n) is 5.07. The van der Waals surface area contributed by atoms with Gasteiger partial charge in [-0.3, -0.25) is 15.0 Å². The van der Waals surface area contributed by atoms with Gasteiger partial charge < -0.3 is 4.98 Å². The summed E-state index contributed by atoms with van der Waals surface area (Å²) >= 11 is 0. The predicted molar refractivity (Wildman–Crippen MR) is 65.4 cm³/mol. The van der Waals surface area contributed by atoms with Gasteiger partial charge in [-0.15, -0.1) is 0 Å². The van der Waals surface area contributed by atoms with Crippen LogP contribution in [0.1, 0.15) is 5.69 Å². The number of rotatable bonds is 1. The van der Waals surface area contributed by atoms with Crippen LogP contribution in [0.15, 0.2) is 33.1 Å². The highest BCUT2D eigenvalue weighted by Crippen LogP contribution is 1.98. The first-order valence-corrected chi connectivity index (χ1v) is 5.07. The molecule has 0 bridgehead atoms. The van der Waals surface area contributed by atoms with Crippen molar-refractivity contribution in [1.29, 1.82) is 0 Å². The summed E-state index contributed by atoms with van der Waals surface area (Å²) < 4.78 is 0. The van der Waals surface area contributed by atoms with Crippen molar-refractivity contribution in [3.63, 3.8) is 0 Å². The van der Waals surface area contributed by atoms with E-state index in [9.17, 15) is 4.79 Å². The normalized spacial score (nSPS) is 15.1. The lowest BCUT2D eigenvalue weighted by molar-refractivity contribution is 1.03. The Balaban J connectivity index is 2.35. The molecule has 3 heterocycles. The molecule has 3 N–H and O–H groups in total. The summed E-state index contributed by atoms with van der Waals surface area (Å²) in [4.78, 5) is 22.8. The van der Waals surface area contributed by atoms with Crippen molar-refractivity contribution in [2.24, 2.45) is 9.98 Å². The maximum atomic E-state index is 11.7. The van der Waals surface area contributed by atoms with Crippen LogP contribution in [0.25, 0.3) is 11.9 Å². The fourth-order valence-corrected chi connectivity index (χ4v) is 1.64. The SMILES string of the molecule is O=c1[nH][nH]c(=C2N=CC=N2)c1=Cc1ccc[nH]1. The Kier molecular flexibility index (Phi) is 2.11. The Morgan fingerprint density at radius 3 is 2.71 bits per heavy atom. The Hall–Kier alpha value is -2.63. The number of H-pyrrole nitrogens is 3. The maximum Gasteiger partial charge on any atom is 0.272 e. The third kappa shape index (κ3) is 1.65. The van der Waals surface area contributed by atoms with E-state index in [0.29, 0.717) is 16.4 Å². The lowest BCUT2D eigenvalue weighted by Gasteiger charge is -1.85. The lowest BCUT2D eigenvalue weighted by Crippen LogP contribution is -2.34. The average molecular weight is 227 g/mol. The quantitative estimate of drug-likeness (QED) is 0.578. The van der Waals surface area contributed by atoms with Crippen molar-refractivity contribution >= 4 is 24.3 Å². The predicted octanol–water partition coefficient (Wildman–Crippen LogP) is -0.919. The molecule has 0 atom stereocenters. The molecule has 0 saturated heterocycles. The number of nitrogens with one attached hydrogen (secondary N) is 3. The van der Waals surface area contributed by atoms with Gasteiger partial charge in [0.2, 0.25) is 0 Å². The van der Waals surface area contributed by atoms with Gasteiger partial charge in [-0.1, -0.05) is 0 Å². The summed E-state index contributed by atoms with van der Waals surface area (Å²) in [5, 5.41) is 6.42. The molecule has 2 aromatic rings. The van der Waals surface area contributed by atoms with Crippen LogP contribution in [0, 0.1) is 0 Å². The van der Waals surface area contributed by atoms with Crippen molar-refractivity contribution in [1.82, 2.24) is 15.2 Å². The van der Waals surface area contributed by atoms with E-state index in [-0.39, 0.29) is 5.56 Å². The monoisotopic (exact) mass is 227 g/mol. The zero-order chi connectivity index (χ0) is 11.7. The third-order valence-corrected chi connectivity index (χ3v) is 2.42. The van der Waals surface area contributed by atoms with Crippen LogP contribution in [0.5, 0.6) is 0 Å². The average Bonchev–Trinajstić information content (AvgIpc) is 3.03. The van der Waals surface area contributed by atoms with Crippen LogP contribution in [0.3, 0.4) is 0 Å². The summed E-state index contributed by atoms with van der Waals surface area (Å²) in [7, 11) is 0. The second-order valence-electron chi connectivity index (χ2n) is 3.52. The van der Waals surface area contributed by atoms with Crippen LogP contribution < -0.4 is 16.1 Å². The van der Waals surface area contributed by atoms with Crippen LogP contribution >= 0.6 is 0 Å². The molecule has 0 saturated carbocycles. The van der Waals surface area contributed by atoms with Gasteiger partial charge in [0.05, 0.1) is 5.22 Å². The van der Waals surface area contributed by atoms with E-state index in [1.165, 1.54) is 0 Å². The minimum absolute atomic E-state index is 0.195.